The van der Waals surface area contributed by atoms with Crippen LogP contribution in [-0.4, -0.2) is 23.4 Å². The van der Waals surface area contributed by atoms with E-state index in [-0.39, 0.29) is 11.6 Å². The van der Waals surface area contributed by atoms with Crippen LogP contribution in [0.25, 0.3) is 6.08 Å². The number of carbonyl (C=O) groups excluding carboxylic acids is 2. The van der Waals surface area contributed by atoms with Crippen LogP contribution in [0.3, 0.4) is 0 Å². The first-order valence-corrected chi connectivity index (χ1v) is 7.92. The molecule has 0 radical (unpaired) electrons. The van der Waals surface area contributed by atoms with Crippen LogP contribution in [0.2, 0.25) is 0 Å². The molecule has 26 heavy (non-hydrogen) atoms. The summed E-state index contributed by atoms with van der Waals surface area (Å²) >= 11 is 0. The van der Waals surface area contributed by atoms with Gasteiger partial charge < -0.3 is 10.1 Å². The number of nitrogens with one attached hydrogen (secondary N) is 1. The maximum Gasteiger partial charge on any atom is 0.330 e. The van der Waals surface area contributed by atoms with Gasteiger partial charge in [0.05, 0.1) is 11.5 Å². The smallest absolute Gasteiger partial charge is 0.330 e. The number of benzene rings is 2. The van der Waals surface area contributed by atoms with Crippen LogP contribution in [0.5, 0.6) is 0 Å². The molecule has 1 amide bonds. The van der Waals surface area contributed by atoms with Crippen LogP contribution in [0, 0.1) is 17.0 Å². The minimum Gasteiger partial charge on any atom is -0.463 e. The Morgan fingerprint density at radius 2 is 1.88 bits per heavy atom. The van der Waals surface area contributed by atoms with Crippen molar-refractivity contribution in [3.63, 3.8) is 0 Å². The van der Waals surface area contributed by atoms with Crippen molar-refractivity contribution in [3.8, 4) is 0 Å². The van der Waals surface area contributed by atoms with E-state index in [1.54, 1.807) is 44.2 Å². The first-order chi connectivity index (χ1) is 12.4. The monoisotopic (exact) mass is 354 g/mol. The summed E-state index contributed by atoms with van der Waals surface area (Å²) in [6, 6.07) is 11.1. The van der Waals surface area contributed by atoms with E-state index in [4.69, 9.17) is 4.74 Å². The van der Waals surface area contributed by atoms with Gasteiger partial charge in [-0.3, -0.25) is 14.9 Å². The second kappa shape index (κ2) is 8.57. The quantitative estimate of drug-likeness (QED) is 0.369. The molecule has 2 aromatic carbocycles. The fourth-order valence-electron chi connectivity index (χ4n) is 2.24. The molecule has 0 unspecified atom stereocenters. The van der Waals surface area contributed by atoms with E-state index < -0.39 is 10.9 Å². The Balaban J connectivity index is 2.04. The third kappa shape index (κ3) is 5.01. The third-order valence-corrected chi connectivity index (χ3v) is 3.52. The van der Waals surface area contributed by atoms with Gasteiger partial charge >= 0.3 is 5.97 Å². The van der Waals surface area contributed by atoms with E-state index >= 15 is 0 Å². The zero-order valence-corrected chi connectivity index (χ0v) is 14.4. The van der Waals surface area contributed by atoms with Gasteiger partial charge in [0.15, 0.2) is 0 Å². The Morgan fingerprint density at radius 3 is 2.46 bits per heavy atom. The first-order valence-electron chi connectivity index (χ1n) is 7.92. The molecule has 7 nitrogen and oxygen atoms in total. The maximum atomic E-state index is 12.3. The summed E-state index contributed by atoms with van der Waals surface area (Å²) in [4.78, 5) is 33.9. The van der Waals surface area contributed by atoms with Gasteiger partial charge in [-0.1, -0.05) is 12.1 Å². The van der Waals surface area contributed by atoms with Crippen LogP contribution in [0.4, 0.5) is 11.4 Å². The number of nitro groups is 1. The Hall–Kier alpha value is -3.48. The average molecular weight is 354 g/mol. The molecule has 0 atom stereocenters. The lowest BCUT2D eigenvalue weighted by molar-refractivity contribution is -0.385. The molecule has 0 bridgehead atoms. The predicted molar refractivity (Wildman–Crippen MR) is 97.9 cm³/mol. The van der Waals surface area contributed by atoms with E-state index in [2.05, 4.69) is 5.32 Å². The summed E-state index contributed by atoms with van der Waals surface area (Å²) < 4.78 is 4.80. The summed E-state index contributed by atoms with van der Waals surface area (Å²) in [5.74, 6) is -0.781. The summed E-state index contributed by atoms with van der Waals surface area (Å²) in [6.45, 7) is 3.63. The van der Waals surface area contributed by atoms with Gasteiger partial charge in [-0.25, -0.2) is 4.79 Å². The molecule has 7 heteroatoms. The van der Waals surface area contributed by atoms with Gasteiger partial charge in [-0.05, 0) is 49.8 Å². The highest BCUT2D eigenvalue weighted by Gasteiger charge is 2.13. The molecule has 0 fully saturated rings. The van der Waals surface area contributed by atoms with Crippen molar-refractivity contribution in [1.29, 1.82) is 0 Å². The van der Waals surface area contributed by atoms with Crippen molar-refractivity contribution in [2.45, 2.75) is 13.8 Å². The number of esters is 1. The van der Waals surface area contributed by atoms with E-state index in [9.17, 15) is 19.7 Å². The molecule has 0 aromatic heterocycles. The minimum absolute atomic E-state index is 0.0284. The number of hydrogen-bond donors (Lipinski definition) is 1. The van der Waals surface area contributed by atoms with Gasteiger partial charge in [-0.2, -0.15) is 0 Å². The zero-order valence-electron chi connectivity index (χ0n) is 14.4. The third-order valence-electron chi connectivity index (χ3n) is 3.52. The standard InChI is InChI=1S/C19H18N2O5/c1-3-26-18(22)11-6-14-4-8-16(9-5-14)20-19(23)15-7-10-17(21(24)25)13(2)12-15/h4-12H,3H2,1-2H3,(H,20,23)/b11-6+. The van der Waals surface area contributed by atoms with Crippen molar-refractivity contribution in [2.75, 3.05) is 11.9 Å². The van der Waals surface area contributed by atoms with Crippen LogP contribution < -0.4 is 5.32 Å². The zero-order chi connectivity index (χ0) is 19.1. The molecule has 0 aliphatic rings. The first kappa shape index (κ1) is 18.9. The number of ether oxygens (including phenoxy) is 1. The predicted octanol–water partition coefficient (Wildman–Crippen LogP) is 3.73. The Bertz CT molecular complexity index is 857. The molecule has 1 N–H and O–H groups in total. The molecule has 134 valence electrons. The molecule has 0 heterocycles. The molecule has 0 saturated carbocycles. The SMILES string of the molecule is CCOC(=O)/C=C/c1ccc(NC(=O)c2ccc([N+](=O)[O-])c(C)c2)cc1. The Labute approximate surface area is 150 Å². The lowest BCUT2D eigenvalue weighted by Gasteiger charge is -2.06. The second-order valence-electron chi connectivity index (χ2n) is 5.42. The van der Waals surface area contributed by atoms with Crippen molar-refractivity contribution >= 4 is 29.3 Å². The molecule has 0 aliphatic carbocycles. The average Bonchev–Trinajstić information content (AvgIpc) is 2.61. The topological polar surface area (TPSA) is 98.5 Å². The Kier molecular flexibility index (Phi) is 6.21. The van der Waals surface area contributed by atoms with E-state index in [0.29, 0.717) is 23.4 Å². The van der Waals surface area contributed by atoms with Crippen LogP contribution in [-0.2, 0) is 9.53 Å². The van der Waals surface area contributed by atoms with E-state index in [0.717, 1.165) is 5.56 Å². The number of nitrogens with zero attached hydrogens (tertiary/aromatic N) is 1. The van der Waals surface area contributed by atoms with Crippen molar-refractivity contribution < 1.29 is 19.2 Å². The molecule has 2 aromatic rings. The van der Waals surface area contributed by atoms with Crippen LogP contribution in [0.15, 0.2) is 48.5 Å². The summed E-state index contributed by atoms with van der Waals surface area (Å²) in [7, 11) is 0. The normalized spacial score (nSPS) is 10.5. The molecule has 2 rings (SSSR count). The van der Waals surface area contributed by atoms with Gasteiger partial charge in [0.25, 0.3) is 11.6 Å². The van der Waals surface area contributed by atoms with Gasteiger partial charge in [0.2, 0.25) is 0 Å². The van der Waals surface area contributed by atoms with Crippen molar-refractivity contribution in [1.82, 2.24) is 0 Å². The number of nitro benzene ring substituents is 1. The number of carbonyl (C=O) groups is 2. The second-order valence-corrected chi connectivity index (χ2v) is 5.42. The fraction of sp³-hybridized carbons (Fsp3) is 0.158. The highest BCUT2D eigenvalue weighted by atomic mass is 16.6. The largest absolute Gasteiger partial charge is 0.463 e. The lowest BCUT2D eigenvalue weighted by atomic mass is 10.1. The van der Waals surface area contributed by atoms with Crippen LogP contribution >= 0.6 is 0 Å². The molecular weight excluding hydrogens is 336 g/mol. The van der Waals surface area contributed by atoms with Crippen molar-refractivity contribution in [3.05, 3.63) is 75.3 Å². The fourth-order valence-corrected chi connectivity index (χ4v) is 2.24. The van der Waals surface area contributed by atoms with Gasteiger partial charge in [0.1, 0.15) is 0 Å². The minimum atomic E-state index is -0.487. The number of rotatable bonds is 6. The summed E-state index contributed by atoms with van der Waals surface area (Å²) in [5.41, 5.74) is 2.07. The molecular formula is C19H18N2O5. The molecule has 0 aliphatic heterocycles. The maximum absolute atomic E-state index is 12.3. The van der Waals surface area contributed by atoms with E-state index in [1.807, 2.05) is 0 Å². The van der Waals surface area contributed by atoms with E-state index in [1.165, 1.54) is 24.3 Å². The summed E-state index contributed by atoms with van der Waals surface area (Å²) in [5, 5.41) is 13.6. The Morgan fingerprint density at radius 1 is 1.19 bits per heavy atom. The highest BCUT2D eigenvalue weighted by Crippen LogP contribution is 2.20. The van der Waals surface area contributed by atoms with Crippen LogP contribution in [0.1, 0.15) is 28.4 Å². The number of aryl methyl sites for hydroxylation is 1. The number of hydrogen-bond acceptors (Lipinski definition) is 5. The van der Waals surface area contributed by atoms with Gasteiger partial charge in [-0.15, -0.1) is 0 Å². The number of anilines is 1. The number of amides is 1. The molecule has 0 spiro atoms. The van der Waals surface area contributed by atoms with Gasteiger partial charge in [0, 0.05) is 29.0 Å². The molecule has 0 saturated heterocycles. The summed E-state index contributed by atoms with van der Waals surface area (Å²) in [6.07, 6.45) is 2.94. The lowest BCUT2D eigenvalue weighted by Crippen LogP contribution is -2.12. The van der Waals surface area contributed by atoms with Crippen molar-refractivity contribution in [2.24, 2.45) is 0 Å². The highest BCUT2D eigenvalue weighted by molar-refractivity contribution is 6.04.